The van der Waals surface area contributed by atoms with E-state index in [0.29, 0.717) is 51.3 Å². The molecule has 2 amide bonds. The molecule has 1 aromatic carbocycles. The largest absolute Gasteiger partial charge is 0.444 e. The van der Waals surface area contributed by atoms with Crippen LogP contribution in [0.25, 0.3) is 0 Å². The van der Waals surface area contributed by atoms with E-state index in [0.717, 1.165) is 0 Å². The first-order valence-corrected chi connectivity index (χ1v) is 10.4. The Morgan fingerprint density at radius 2 is 1.76 bits per heavy atom. The van der Waals surface area contributed by atoms with Crippen LogP contribution < -0.4 is 0 Å². The third kappa shape index (κ3) is 6.42. The van der Waals surface area contributed by atoms with Gasteiger partial charge in [-0.05, 0) is 33.8 Å². The van der Waals surface area contributed by atoms with Gasteiger partial charge in [0.05, 0.1) is 6.04 Å². The lowest BCUT2D eigenvalue weighted by molar-refractivity contribution is -0.131. The monoisotopic (exact) mass is 407 g/mol. The van der Waals surface area contributed by atoms with E-state index >= 15 is 0 Å². The molecule has 0 spiro atoms. The first-order valence-electron chi connectivity index (χ1n) is 10.4. The molecule has 1 aliphatic rings. The zero-order valence-electron chi connectivity index (χ0n) is 18.3. The summed E-state index contributed by atoms with van der Waals surface area (Å²) in [5, 5.41) is 0. The molecule has 2 rings (SSSR count). The Hall–Kier alpha value is -2.15. The average Bonchev–Trinajstić information content (AvgIpc) is 2.68. The van der Waals surface area contributed by atoms with Crippen LogP contribution in [0.3, 0.4) is 0 Å². The third-order valence-electron chi connectivity index (χ3n) is 5.10. The van der Waals surface area contributed by atoms with Crippen LogP contribution in [0.2, 0.25) is 0 Å². The predicted molar refractivity (Wildman–Crippen MR) is 111 cm³/mol. The molecule has 1 unspecified atom stereocenters. The number of piperazine rings is 1. The van der Waals surface area contributed by atoms with Gasteiger partial charge in [-0.3, -0.25) is 9.69 Å². The van der Waals surface area contributed by atoms with Crippen LogP contribution >= 0.6 is 0 Å². The van der Waals surface area contributed by atoms with Crippen molar-refractivity contribution in [2.75, 3.05) is 39.3 Å². The van der Waals surface area contributed by atoms with Crippen LogP contribution in [-0.2, 0) is 9.53 Å². The smallest absolute Gasteiger partial charge is 0.410 e. The molecule has 1 fully saturated rings. The van der Waals surface area contributed by atoms with Gasteiger partial charge in [0.2, 0.25) is 5.91 Å². The fourth-order valence-electron chi connectivity index (χ4n) is 3.54. The SMILES string of the molecule is CCC(=O)N(CC)CC(c1ccccc1F)N1CCN(C(=O)OC(C)(C)C)CC1. The normalized spacial score (nSPS) is 16.4. The lowest BCUT2D eigenvalue weighted by atomic mass is 10.0. The maximum atomic E-state index is 14.6. The number of halogens is 1. The molecule has 1 heterocycles. The van der Waals surface area contributed by atoms with Gasteiger partial charge in [-0.2, -0.15) is 0 Å². The number of hydrogen-bond donors (Lipinski definition) is 0. The van der Waals surface area contributed by atoms with Gasteiger partial charge in [0.15, 0.2) is 0 Å². The van der Waals surface area contributed by atoms with Crippen molar-refractivity contribution in [2.24, 2.45) is 0 Å². The number of benzene rings is 1. The summed E-state index contributed by atoms with van der Waals surface area (Å²) in [6.07, 6.45) is 0.0977. The summed E-state index contributed by atoms with van der Waals surface area (Å²) < 4.78 is 20.1. The van der Waals surface area contributed by atoms with Gasteiger partial charge in [-0.15, -0.1) is 0 Å². The highest BCUT2D eigenvalue weighted by Crippen LogP contribution is 2.26. The highest BCUT2D eigenvalue weighted by atomic mass is 19.1. The van der Waals surface area contributed by atoms with Gasteiger partial charge >= 0.3 is 6.09 Å². The molecule has 1 aromatic rings. The molecule has 1 saturated heterocycles. The number of ether oxygens (including phenoxy) is 1. The number of amides is 2. The Kier molecular flexibility index (Phi) is 8.02. The van der Waals surface area contributed by atoms with Crippen molar-refractivity contribution in [2.45, 2.75) is 52.7 Å². The zero-order chi connectivity index (χ0) is 21.6. The number of hydrogen-bond acceptors (Lipinski definition) is 4. The maximum absolute atomic E-state index is 14.6. The Morgan fingerprint density at radius 3 is 2.28 bits per heavy atom. The fraction of sp³-hybridized carbons (Fsp3) is 0.636. The molecule has 7 heteroatoms. The number of likely N-dealkylation sites (N-methyl/N-ethyl adjacent to an activating group) is 1. The van der Waals surface area contributed by atoms with Crippen molar-refractivity contribution in [3.63, 3.8) is 0 Å². The van der Waals surface area contributed by atoms with Gasteiger partial charge in [0.1, 0.15) is 11.4 Å². The third-order valence-corrected chi connectivity index (χ3v) is 5.10. The number of rotatable bonds is 6. The number of nitrogens with zero attached hydrogens (tertiary/aromatic N) is 3. The first-order chi connectivity index (χ1) is 13.7. The Bertz CT molecular complexity index is 697. The molecular weight excluding hydrogens is 373 g/mol. The Labute approximate surface area is 173 Å². The van der Waals surface area contributed by atoms with Crippen molar-refractivity contribution >= 4 is 12.0 Å². The molecule has 0 N–H and O–H groups in total. The summed E-state index contributed by atoms with van der Waals surface area (Å²) in [4.78, 5) is 30.3. The van der Waals surface area contributed by atoms with Crippen molar-refractivity contribution < 1.29 is 18.7 Å². The van der Waals surface area contributed by atoms with E-state index < -0.39 is 5.60 Å². The van der Waals surface area contributed by atoms with Crippen LogP contribution in [0.1, 0.15) is 52.6 Å². The molecule has 1 atom stereocenters. The molecular formula is C22H34FN3O3. The standard InChI is InChI=1S/C22H34FN3O3/c1-6-20(27)24(7-2)16-19(17-10-8-9-11-18(17)23)25-12-14-26(15-13-25)21(28)29-22(3,4)5/h8-11,19H,6-7,12-16H2,1-5H3. The predicted octanol–water partition coefficient (Wildman–Crippen LogP) is 3.68. The minimum atomic E-state index is -0.536. The lowest BCUT2D eigenvalue weighted by Crippen LogP contribution is -2.52. The number of carbonyl (C=O) groups excluding carboxylic acids is 2. The molecule has 0 bridgehead atoms. The molecule has 162 valence electrons. The Morgan fingerprint density at radius 1 is 1.14 bits per heavy atom. The van der Waals surface area contributed by atoms with Crippen LogP contribution in [0.4, 0.5) is 9.18 Å². The van der Waals surface area contributed by atoms with Crippen molar-refractivity contribution in [3.05, 3.63) is 35.6 Å². The second kappa shape index (κ2) is 10.1. The molecule has 29 heavy (non-hydrogen) atoms. The summed E-state index contributed by atoms with van der Waals surface area (Å²) in [6.45, 7) is 12.5. The van der Waals surface area contributed by atoms with E-state index in [4.69, 9.17) is 4.74 Å². The van der Waals surface area contributed by atoms with Crippen LogP contribution in [0.15, 0.2) is 24.3 Å². The van der Waals surface area contributed by atoms with Crippen molar-refractivity contribution in [3.8, 4) is 0 Å². The van der Waals surface area contributed by atoms with E-state index in [1.54, 1.807) is 21.9 Å². The van der Waals surface area contributed by atoms with Crippen LogP contribution in [0, 0.1) is 5.82 Å². The molecule has 0 saturated carbocycles. The molecule has 0 radical (unpaired) electrons. The van der Waals surface area contributed by atoms with Crippen LogP contribution in [0.5, 0.6) is 0 Å². The fourth-order valence-corrected chi connectivity index (χ4v) is 3.54. The second-order valence-electron chi connectivity index (χ2n) is 8.33. The van der Waals surface area contributed by atoms with E-state index in [-0.39, 0.29) is 23.9 Å². The maximum Gasteiger partial charge on any atom is 0.410 e. The lowest BCUT2D eigenvalue weighted by Gasteiger charge is -2.41. The highest BCUT2D eigenvalue weighted by molar-refractivity contribution is 5.75. The van der Waals surface area contributed by atoms with Gasteiger partial charge < -0.3 is 14.5 Å². The summed E-state index contributed by atoms with van der Waals surface area (Å²) >= 11 is 0. The topological polar surface area (TPSA) is 53.1 Å². The van der Waals surface area contributed by atoms with Gasteiger partial charge in [0, 0.05) is 51.3 Å². The minimum Gasteiger partial charge on any atom is -0.444 e. The van der Waals surface area contributed by atoms with Gasteiger partial charge in [-0.25, -0.2) is 9.18 Å². The Balaban J connectivity index is 2.15. The first kappa shape index (κ1) is 23.1. The van der Waals surface area contributed by atoms with Gasteiger partial charge in [0.25, 0.3) is 0 Å². The zero-order valence-corrected chi connectivity index (χ0v) is 18.3. The molecule has 0 aromatic heterocycles. The van der Waals surface area contributed by atoms with Crippen molar-refractivity contribution in [1.29, 1.82) is 0 Å². The van der Waals surface area contributed by atoms with E-state index in [2.05, 4.69) is 4.90 Å². The van der Waals surface area contributed by atoms with Gasteiger partial charge in [-0.1, -0.05) is 25.1 Å². The van der Waals surface area contributed by atoms with E-state index in [1.165, 1.54) is 6.07 Å². The van der Waals surface area contributed by atoms with E-state index in [9.17, 15) is 14.0 Å². The average molecular weight is 408 g/mol. The summed E-state index contributed by atoms with van der Waals surface area (Å²) in [5.74, 6) is -0.215. The molecule has 1 aliphatic heterocycles. The highest BCUT2D eigenvalue weighted by Gasteiger charge is 2.32. The summed E-state index contributed by atoms with van der Waals surface area (Å²) in [7, 11) is 0. The molecule has 0 aliphatic carbocycles. The van der Waals surface area contributed by atoms with Crippen LogP contribution in [-0.4, -0.2) is 71.6 Å². The minimum absolute atomic E-state index is 0.0567. The summed E-state index contributed by atoms with van der Waals surface area (Å²) in [5.41, 5.74) is 0.0482. The summed E-state index contributed by atoms with van der Waals surface area (Å²) in [6, 6.07) is 6.47. The quantitative estimate of drug-likeness (QED) is 0.722. The van der Waals surface area contributed by atoms with Crippen molar-refractivity contribution in [1.82, 2.24) is 14.7 Å². The van der Waals surface area contributed by atoms with E-state index in [1.807, 2.05) is 40.7 Å². The number of carbonyl (C=O) groups is 2. The molecule has 6 nitrogen and oxygen atoms in total. The second-order valence-corrected chi connectivity index (χ2v) is 8.33.